The molecule has 2 aliphatic heterocycles. The maximum absolute atomic E-state index is 15.7. The van der Waals surface area contributed by atoms with Crippen LogP contribution in [0.2, 0.25) is 0 Å². The number of aryl methyl sites for hydroxylation is 1. The number of nitrogens with zero attached hydrogens (tertiary/aromatic N) is 5. The minimum atomic E-state index is -2.10. The Bertz CT molecular complexity index is 1620. The Morgan fingerprint density at radius 2 is 2.03 bits per heavy atom. The van der Waals surface area contributed by atoms with Gasteiger partial charge in [0.15, 0.2) is 5.82 Å². The number of aromatic nitrogens is 5. The molecule has 36 heavy (non-hydrogen) atoms. The highest BCUT2D eigenvalue weighted by Crippen LogP contribution is 2.56. The van der Waals surface area contributed by atoms with Crippen molar-refractivity contribution < 1.29 is 8.78 Å². The van der Waals surface area contributed by atoms with E-state index in [1.807, 2.05) is 43.5 Å². The van der Waals surface area contributed by atoms with Crippen molar-refractivity contribution in [1.82, 2.24) is 29.8 Å². The largest absolute Gasteiger partial charge is 0.326 e. The highest BCUT2D eigenvalue weighted by atomic mass is 127. The highest BCUT2D eigenvalue weighted by Gasteiger charge is 2.42. The Labute approximate surface area is 213 Å². The molecule has 0 amide bonds. The van der Waals surface area contributed by atoms with Gasteiger partial charge in [0, 0.05) is 42.4 Å². The Morgan fingerprint density at radius 3 is 2.78 bits per heavy atom. The van der Waals surface area contributed by atoms with E-state index in [0.29, 0.717) is 22.5 Å². The monoisotopic (exact) mass is 601 g/mol. The van der Waals surface area contributed by atoms with Crippen molar-refractivity contribution >= 4 is 50.2 Å². The van der Waals surface area contributed by atoms with Crippen molar-refractivity contribution in [1.29, 1.82) is 0 Å². The topological polar surface area (TPSA) is 80.6 Å². The smallest absolute Gasteiger partial charge is 0.229 e. The van der Waals surface area contributed by atoms with E-state index >= 15 is 8.78 Å². The molecule has 0 bridgehead atoms. The van der Waals surface area contributed by atoms with Crippen LogP contribution in [0.1, 0.15) is 42.5 Å². The maximum atomic E-state index is 15.7. The van der Waals surface area contributed by atoms with Gasteiger partial charge in [-0.3, -0.25) is 0 Å². The van der Waals surface area contributed by atoms with E-state index < -0.39 is 28.4 Å². The van der Waals surface area contributed by atoms with Crippen molar-refractivity contribution in [2.45, 2.75) is 43.5 Å². The molecule has 0 spiro atoms. The molecule has 0 saturated heterocycles. The molecule has 0 fully saturated rings. The Balaban J connectivity index is 1.45. The molecule has 0 saturated carbocycles. The summed E-state index contributed by atoms with van der Waals surface area (Å²) in [6.45, 7) is 7.67. The van der Waals surface area contributed by atoms with Crippen LogP contribution in [0.25, 0.3) is 22.3 Å². The van der Waals surface area contributed by atoms with Crippen LogP contribution in [-0.4, -0.2) is 39.6 Å². The molecular weight excluding hydrogens is 575 g/mol. The fourth-order valence-corrected chi connectivity index (χ4v) is 8.27. The van der Waals surface area contributed by atoms with Gasteiger partial charge in [-0.2, -0.15) is 0 Å². The molecule has 5 heterocycles. The SMILES string of the molecule is C=I1=CC1(F)c1cc(-c2nc(Nc3ccc4c(n3)CCNC4)ncc2F)cc2c1nc(C)n2C(C)C. The average molecular weight is 601 g/mol. The predicted octanol–water partition coefficient (Wildman–Crippen LogP) is 5.18. The molecule has 1 atom stereocenters. The fraction of sp³-hybridized carbons (Fsp3) is 0.308. The number of anilines is 2. The molecule has 186 valence electrons. The van der Waals surface area contributed by atoms with Crippen molar-refractivity contribution in [2.75, 3.05) is 11.9 Å². The molecule has 4 aromatic rings. The van der Waals surface area contributed by atoms with Crippen LogP contribution in [-0.2, 0) is 16.6 Å². The maximum Gasteiger partial charge on any atom is 0.229 e. The Hall–Kier alpha value is -2.99. The summed E-state index contributed by atoms with van der Waals surface area (Å²) in [4.78, 5) is 18.0. The molecule has 1 aromatic carbocycles. The van der Waals surface area contributed by atoms with Crippen molar-refractivity contribution in [3.05, 3.63) is 58.9 Å². The second kappa shape index (κ2) is 8.55. The normalized spacial score (nSPS) is 19.4. The van der Waals surface area contributed by atoms with Gasteiger partial charge in [0.2, 0.25) is 9.62 Å². The number of imidazole rings is 1. The first kappa shape index (κ1) is 23.4. The molecule has 7 nitrogen and oxygen atoms in total. The zero-order valence-corrected chi connectivity index (χ0v) is 22.4. The van der Waals surface area contributed by atoms with E-state index in [0.717, 1.165) is 48.3 Å². The molecule has 10 heteroatoms. The lowest BCUT2D eigenvalue weighted by Crippen LogP contribution is -2.24. The molecule has 0 radical (unpaired) electrons. The number of hydrogen-bond donors (Lipinski definition) is 2. The van der Waals surface area contributed by atoms with E-state index in [9.17, 15) is 0 Å². The summed E-state index contributed by atoms with van der Waals surface area (Å²) in [7, 11) is 0. The molecule has 2 aliphatic rings. The number of fused-ring (bicyclic) bond motifs is 2. The third-order valence-electron chi connectivity index (χ3n) is 6.60. The summed E-state index contributed by atoms with van der Waals surface area (Å²) in [5.41, 5.74) is 4.58. The zero-order valence-electron chi connectivity index (χ0n) is 20.2. The number of pyridine rings is 1. The second-order valence-corrected chi connectivity index (χ2v) is 13.8. The molecule has 6 rings (SSSR count). The van der Waals surface area contributed by atoms with Crippen molar-refractivity contribution in [3.8, 4) is 11.3 Å². The van der Waals surface area contributed by atoms with E-state index in [4.69, 9.17) is 0 Å². The number of halogens is 3. The van der Waals surface area contributed by atoms with Crippen LogP contribution >= 0.6 is 18.9 Å². The summed E-state index contributed by atoms with van der Waals surface area (Å²) >= 11 is -2.10. The van der Waals surface area contributed by atoms with Gasteiger partial charge in [0.25, 0.3) is 0 Å². The van der Waals surface area contributed by atoms with E-state index in [1.54, 1.807) is 10.1 Å². The quantitative estimate of drug-likeness (QED) is 0.243. The Kier molecular flexibility index (Phi) is 5.56. The number of hydrogen-bond acceptors (Lipinski definition) is 6. The number of nitrogens with one attached hydrogen (secondary N) is 2. The number of benzene rings is 1. The standard InChI is InChI=1S/C26H26F2IN7/c1-14(2)36-15(3)32-24-18(26(28)13-29(26)4)9-17(10-21(24)36)23-19(27)12-31-25(35-23)34-22-6-5-16-11-30-8-7-20(16)33-22/h5-6,9-10,12-14,30H,4,7-8,11H2,1-3H3,(H,31,33,34,35). The summed E-state index contributed by atoms with van der Waals surface area (Å²) < 4.78 is 37.1. The van der Waals surface area contributed by atoms with Crippen LogP contribution in [0.15, 0.2) is 30.5 Å². The lowest BCUT2D eigenvalue weighted by Gasteiger charge is -2.17. The van der Waals surface area contributed by atoms with Crippen molar-refractivity contribution in [3.63, 3.8) is 0 Å². The van der Waals surface area contributed by atoms with Gasteiger partial charge < -0.3 is 15.2 Å². The third-order valence-corrected chi connectivity index (χ3v) is 10.4. The molecule has 2 N–H and O–H groups in total. The minimum Gasteiger partial charge on any atom is -0.326 e. The zero-order chi connectivity index (χ0) is 25.2. The van der Waals surface area contributed by atoms with Gasteiger partial charge in [-0.15, -0.1) is 18.9 Å². The molecule has 0 aliphatic carbocycles. The van der Waals surface area contributed by atoms with E-state index in [2.05, 4.69) is 35.1 Å². The van der Waals surface area contributed by atoms with Crippen LogP contribution in [0.3, 0.4) is 0 Å². The van der Waals surface area contributed by atoms with Gasteiger partial charge >= 0.3 is 0 Å². The first-order valence-electron chi connectivity index (χ1n) is 11.8. The van der Waals surface area contributed by atoms with Crippen molar-refractivity contribution in [2.24, 2.45) is 0 Å². The summed E-state index contributed by atoms with van der Waals surface area (Å²) in [5, 5.41) is 6.43. The molecule has 3 aromatic heterocycles. The third kappa shape index (κ3) is 3.86. The van der Waals surface area contributed by atoms with Crippen LogP contribution < -0.4 is 10.6 Å². The second-order valence-electron chi connectivity index (χ2n) is 9.39. The molecule has 1 unspecified atom stereocenters. The van der Waals surface area contributed by atoms with Crippen LogP contribution in [0.5, 0.6) is 0 Å². The van der Waals surface area contributed by atoms with E-state index in [-0.39, 0.29) is 17.7 Å². The fourth-order valence-electron chi connectivity index (χ4n) is 4.84. The predicted molar refractivity (Wildman–Crippen MR) is 149 cm³/mol. The van der Waals surface area contributed by atoms with Crippen LogP contribution in [0, 0.1) is 12.7 Å². The van der Waals surface area contributed by atoms with Gasteiger partial charge in [0.1, 0.15) is 17.3 Å². The molecular formula is C26H26F2IN7. The van der Waals surface area contributed by atoms with Gasteiger partial charge in [-0.25, -0.2) is 28.7 Å². The van der Waals surface area contributed by atoms with Gasteiger partial charge in [-0.1, -0.05) is 10.6 Å². The van der Waals surface area contributed by atoms with Crippen LogP contribution in [0.4, 0.5) is 20.5 Å². The van der Waals surface area contributed by atoms with Gasteiger partial charge in [0.05, 0.1) is 17.2 Å². The number of rotatable bonds is 5. The lowest BCUT2D eigenvalue weighted by molar-refractivity contribution is 0.436. The van der Waals surface area contributed by atoms with E-state index in [1.165, 1.54) is 0 Å². The highest BCUT2D eigenvalue weighted by molar-refractivity contribution is 14.2. The summed E-state index contributed by atoms with van der Waals surface area (Å²) in [6.07, 6.45) is 1.97. The summed E-state index contributed by atoms with van der Waals surface area (Å²) in [6, 6.07) is 7.50. The lowest BCUT2D eigenvalue weighted by atomic mass is 10.0. The summed E-state index contributed by atoms with van der Waals surface area (Å²) in [5.74, 6) is 1.02. The first-order valence-corrected chi connectivity index (χ1v) is 15.6. The number of alkyl halides is 2. The Morgan fingerprint density at radius 1 is 1.22 bits per heavy atom. The first-order chi connectivity index (χ1) is 17.2. The minimum absolute atomic E-state index is 0.0978. The average Bonchev–Trinajstić information content (AvgIpc) is 3.32. The van der Waals surface area contributed by atoms with Gasteiger partial charge in [-0.05, 0) is 48.5 Å².